The maximum Gasteiger partial charge on any atom is 0.282 e. The lowest BCUT2D eigenvalue weighted by Gasteiger charge is -2.34. The summed E-state index contributed by atoms with van der Waals surface area (Å²) in [5.74, 6) is 0.496. The van der Waals surface area contributed by atoms with Crippen molar-refractivity contribution < 1.29 is 4.79 Å². The minimum atomic E-state index is -0.132. The number of anilines is 1. The highest BCUT2D eigenvalue weighted by atomic mass is 79.9. The highest BCUT2D eigenvalue weighted by Crippen LogP contribution is 2.26. The lowest BCUT2D eigenvalue weighted by molar-refractivity contribution is -0.124. The van der Waals surface area contributed by atoms with Crippen LogP contribution in [0.1, 0.15) is 26.7 Å². The Kier molecular flexibility index (Phi) is 5.61. The lowest BCUT2D eigenvalue weighted by Crippen LogP contribution is -2.42. The molecule has 0 bridgehead atoms. The van der Waals surface area contributed by atoms with Gasteiger partial charge < -0.3 is 10.2 Å². The van der Waals surface area contributed by atoms with Crippen LogP contribution in [0, 0.1) is 11.8 Å². The molecule has 0 saturated carbocycles. The minimum Gasteiger partial charge on any atom is -0.369 e. The molecule has 6 nitrogen and oxygen atoms in total. The number of aromatic nitrogens is 2. The van der Waals surface area contributed by atoms with E-state index in [0.717, 1.165) is 31.6 Å². The fraction of sp³-hybridized carbons (Fsp3) is 0.667. The Balaban J connectivity index is 2.03. The topological polar surface area (TPSA) is 67.2 Å². The summed E-state index contributed by atoms with van der Waals surface area (Å²) in [5, 5.41) is 7.10. The van der Waals surface area contributed by atoms with Crippen LogP contribution in [-0.2, 0) is 11.8 Å². The average molecular weight is 371 g/mol. The van der Waals surface area contributed by atoms with Crippen LogP contribution in [0.5, 0.6) is 0 Å². The standard InChI is InChI=1S/C15H23BrN4O2/c1-10(2)14(21)17-7-11-5-4-6-20(9-11)12-8-18-19(3)15(22)13(12)16/h8,10-11H,4-7,9H2,1-3H3,(H,17,21). The number of piperidine rings is 1. The van der Waals surface area contributed by atoms with Crippen molar-refractivity contribution in [2.24, 2.45) is 18.9 Å². The molecular weight excluding hydrogens is 348 g/mol. The first kappa shape index (κ1) is 17.0. The summed E-state index contributed by atoms with van der Waals surface area (Å²) >= 11 is 3.38. The van der Waals surface area contributed by atoms with Crippen molar-refractivity contribution in [2.45, 2.75) is 26.7 Å². The Morgan fingerprint density at radius 2 is 2.27 bits per heavy atom. The minimum absolute atomic E-state index is 0.00943. The summed E-state index contributed by atoms with van der Waals surface area (Å²) in [6.45, 7) is 6.20. The Labute approximate surface area is 139 Å². The number of amides is 1. The molecule has 1 amide bonds. The van der Waals surface area contributed by atoms with Gasteiger partial charge in [-0.2, -0.15) is 5.10 Å². The molecule has 0 aliphatic carbocycles. The van der Waals surface area contributed by atoms with E-state index in [1.54, 1.807) is 13.2 Å². The zero-order chi connectivity index (χ0) is 16.3. The van der Waals surface area contributed by atoms with Gasteiger partial charge >= 0.3 is 0 Å². The first-order valence-electron chi connectivity index (χ1n) is 7.64. The number of nitrogens with one attached hydrogen (secondary N) is 1. The molecule has 1 fully saturated rings. The third-order valence-corrected chi connectivity index (χ3v) is 4.75. The molecule has 122 valence electrons. The molecule has 1 unspecified atom stereocenters. The third-order valence-electron chi connectivity index (χ3n) is 4.01. The van der Waals surface area contributed by atoms with E-state index in [4.69, 9.17) is 0 Å². The van der Waals surface area contributed by atoms with Gasteiger partial charge in [0.15, 0.2) is 0 Å². The van der Waals surface area contributed by atoms with Gasteiger partial charge in [0, 0.05) is 32.6 Å². The first-order chi connectivity index (χ1) is 10.4. The predicted molar refractivity (Wildman–Crippen MR) is 90.0 cm³/mol. The number of halogens is 1. The maximum absolute atomic E-state index is 12.0. The van der Waals surface area contributed by atoms with Gasteiger partial charge in [-0.05, 0) is 34.7 Å². The molecule has 1 saturated heterocycles. The molecule has 0 spiro atoms. The van der Waals surface area contributed by atoms with Gasteiger partial charge in [0.25, 0.3) is 5.56 Å². The van der Waals surface area contributed by atoms with E-state index < -0.39 is 0 Å². The number of nitrogens with zero attached hydrogens (tertiary/aromatic N) is 3. The molecule has 1 N–H and O–H groups in total. The second kappa shape index (κ2) is 7.26. The van der Waals surface area contributed by atoms with Crippen molar-refractivity contribution in [1.82, 2.24) is 15.1 Å². The van der Waals surface area contributed by atoms with Crippen LogP contribution in [0.25, 0.3) is 0 Å². The van der Waals surface area contributed by atoms with Crippen molar-refractivity contribution in [1.29, 1.82) is 0 Å². The van der Waals surface area contributed by atoms with Gasteiger partial charge in [0.05, 0.1) is 11.9 Å². The third kappa shape index (κ3) is 3.88. The van der Waals surface area contributed by atoms with Crippen LogP contribution in [-0.4, -0.2) is 35.3 Å². The lowest BCUT2D eigenvalue weighted by atomic mass is 9.97. The van der Waals surface area contributed by atoms with E-state index in [1.807, 2.05) is 13.8 Å². The summed E-state index contributed by atoms with van der Waals surface area (Å²) in [4.78, 5) is 25.8. The number of rotatable bonds is 4. The van der Waals surface area contributed by atoms with Gasteiger partial charge in [-0.3, -0.25) is 9.59 Å². The Hall–Kier alpha value is -1.37. The summed E-state index contributed by atoms with van der Waals surface area (Å²) in [5.41, 5.74) is 0.704. The second-order valence-corrected chi connectivity index (χ2v) is 6.92. The van der Waals surface area contributed by atoms with Gasteiger partial charge in [0.1, 0.15) is 4.47 Å². The monoisotopic (exact) mass is 370 g/mol. The Morgan fingerprint density at radius 1 is 1.55 bits per heavy atom. The SMILES string of the molecule is CC(C)C(=O)NCC1CCCN(c2cnn(C)c(=O)c2Br)C1. The van der Waals surface area contributed by atoms with E-state index in [-0.39, 0.29) is 17.4 Å². The van der Waals surface area contributed by atoms with E-state index in [1.165, 1.54) is 4.68 Å². The quantitative estimate of drug-likeness (QED) is 0.872. The molecule has 1 aromatic heterocycles. The molecule has 2 heterocycles. The fourth-order valence-corrected chi connectivity index (χ4v) is 3.23. The van der Waals surface area contributed by atoms with E-state index in [2.05, 4.69) is 31.2 Å². The van der Waals surface area contributed by atoms with Crippen molar-refractivity contribution in [2.75, 3.05) is 24.5 Å². The highest BCUT2D eigenvalue weighted by Gasteiger charge is 2.23. The van der Waals surface area contributed by atoms with Crippen LogP contribution in [0.4, 0.5) is 5.69 Å². The Bertz CT molecular complexity index is 600. The summed E-state index contributed by atoms with van der Waals surface area (Å²) in [7, 11) is 1.64. The summed E-state index contributed by atoms with van der Waals surface area (Å²) in [6.07, 6.45) is 3.86. The zero-order valence-electron chi connectivity index (χ0n) is 13.3. The molecule has 7 heteroatoms. The van der Waals surface area contributed by atoms with Crippen molar-refractivity contribution >= 4 is 27.5 Å². The van der Waals surface area contributed by atoms with Crippen molar-refractivity contribution in [3.63, 3.8) is 0 Å². The number of carbonyl (C=O) groups excluding carboxylic acids is 1. The first-order valence-corrected chi connectivity index (χ1v) is 8.44. The summed E-state index contributed by atoms with van der Waals surface area (Å²) < 4.78 is 1.87. The molecule has 22 heavy (non-hydrogen) atoms. The van der Waals surface area contributed by atoms with E-state index >= 15 is 0 Å². The van der Waals surface area contributed by atoms with E-state index in [9.17, 15) is 9.59 Å². The normalized spacial score (nSPS) is 18.6. The highest BCUT2D eigenvalue weighted by molar-refractivity contribution is 9.10. The van der Waals surface area contributed by atoms with Gasteiger partial charge in [-0.1, -0.05) is 13.8 Å². The van der Waals surface area contributed by atoms with Crippen LogP contribution in [0.15, 0.2) is 15.5 Å². The molecule has 1 aliphatic rings. The van der Waals surface area contributed by atoms with Gasteiger partial charge in [-0.25, -0.2) is 4.68 Å². The van der Waals surface area contributed by atoms with Crippen LogP contribution in [0.3, 0.4) is 0 Å². The van der Waals surface area contributed by atoms with Crippen molar-refractivity contribution in [3.8, 4) is 0 Å². The predicted octanol–water partition coefficient (Wildman–Crippen LogP) is 1.53. The molecular formula is C15H23BrN4O2. The largest absolute Gasteiger partial charge is 0.369 e. The molecule has 2 rings (SSSR count). The van der Waals surface area contributed by atoms with Crippen molar-refractivity contribution in [3.05, 3.63) is 21.0 Å². The molecule has 1 aromatic rings. The smallest absolute Gasteiger partial charge is 0.282 e. The molecule has 0 radical (unpaired) electrons. The van der Waals surface area contributed by atoms with Crippen LogP contribution >= 0.6 is 15.9 Å². The number of carbonyl (C=O) groups is 1. The molecule has 1 aliphatic heterocycles. The number of hydrogen-bond donors (Lipinski definition) is 1. The van der Waals surface area contributed by atoms with Gasteiger partial charge in [0.2, 0.25) is 5.91 Å². The molecule has 1 atom stereocenters. The average Bonchev–Trinajstić information content (AvgIpc) is 2.50. The summed E-state index contributed by atoms with van der Waals surface area (Å²) in [6, 6.07) is 0. The van der Waals surface area contributed by atoms with Crippen LogP contribution in [0.2, 0.25) is 0 Å². The van der Waals surface area contributed by atoms with Crippen LogP contribution < -0.4 is 15.8 Å². The zero-order valence-corrected chi connectivity index (χ0v) is 14.9. The fourth-order valence-electron chi connectivity index (χ4n) is 2.62. The number of hydrogen-bond acceptors (Lipinski definition) is 4. The second-order valence-electron chi connectivity index (χ2n) is 6.13. The Morgan fingerprint density at radius 3 is 2.95 bits per heavy atom. The maximum atomic E-state index is 12.0. The van der Waals surface area contributed by atoms with Gasteiger partial charge in [-0.15, -0.1) is 0 Å². The molecule has 0 aromatic carbocycles. The van der Waals surface area contributed by atoms with E-state index in [0.29, 0.717) is 16.9 Å². The number of aryl methyl sites for hydroxylation is 1.